The highest BCUT2D eigenvalue weighted by Crippen LogP contribution is 2.50. The van der Waals surface area contributed by atoms with Crippen LogP contribution in [0.5, 0.6) is 5.88 Å². The third kappa shape index (κ3) is 4.39. The molecule has 1 amide bonds. The summed E-state index contributed by atoms with van der Waals surface area (Å²) in [6.07, 6.45) is -0.567. The van der Waals surface area contributed by atoms with Crippen LogP contribution in [0.2, 0.25) is 0 Å². The molecular weight excluding hydrogens is 402 g/mol. The van der Waals surface area contributed by atoms with E-state index in [1.807, 2.05) is 6.20 Å². The highest BCUT2D eigenvalue weighted by atomic mass is 19.4. The topological polar surface area (TPSA) is 67.0 Å². The number of hydrogen-bond donors (Lipinski definition) is 2. The van der Waals surface area contributed by atoms with E-state index in [-0.39, 0.29) is 35.5 Å². The van der Waals surface area contributed by atoms with Gasteiger partial charge < -0.3 is 15.0 Å². The summed E-state index contributed by atoms with van der Waals surface area (Å²) in [5.74, 6) is -0.783. The number of carbonyl (C=O) groups excluding carboxylic acids is 1. The van der Waals surface area contributed by atoms with Crippen LogP contribution < -0.4 is 10.1 Å². The molecule has 0 unspecified atom stereocenters. The molecule has 2 heterocycles. The molecule has 1 aliphatic carbocycles. The fourth-order valence-electron chi connectivity index (χ4n) is 3.54. The zero-order chi connectivity index (χ0) is 21.5. The number of pyridine rings is 1. The molecule has 158 valence electrons. The molecule has 1 aliphatic rings. The van der Waals surface area contributed by atoms with E-state index in [9.17, 15) is 22.4 Å². The Morgan fingerprint density at radius 1 is 1.33 bits per heavy atom. The van der Waals surface area contributed by atoms with E-state index in [4.69, 9.17) is 0 Å². The molecule has 4 rings (SSSR count). The highest BCUT2D eigenvalue weighted by Gasteiger charge is 2.45. The Balaban J connectivity index is 1.35. The molecule has 9 heteroatoms. The summed E-state index contributed by atoms with van der Waals surface area (Å²) in [5, 5.41) is 3.68. The highest BCUT2D eigenvalue weighted by molar-refractivity contribution is 5.88. The number of rotatable bonds is 6. The second kappa shape index (κ2) is 7.62. The number of aromatic nitrogens is 2. The summed E-state index contributed by atoms with van der Waals surface area (Å²) in [6, 6.07) is 7.05. The average molecular weight is 421 g/mol. The lowest BCUT2D eigenvalue weighted by molar-refractivity contribution is -0.154. The van der Waals surface area contributed by atoms with Gasteiger partial charge in [-0.2, -0.15) is 13.2 Å². The number of ether oxygens (including phenoxy) is 1. The monoisotopic (exact) mass is 421 g/mol. The maximum atomic E-state index is 13.6. The minimum absolute atomic E-state index is 0.0176. The molecule has 0 bridgehead atoms. The van der Waals surface area contributed by atoms with Crippen LogP contribution in [0.25, 0.3) is 10.9 Å². The van der Waals surface area contributed by atoms with Gasteiger partial charge in [0.25, 0.3) is 0 Å². The van der Waals surface area contributed by atoms with Gasteiger partial charge >= 0.3 is 6.18 Å². The average Bonchev–Trinajstić information content (AvgIpc) is 3.39. The van der Waals surface area contributed by atoms with Crippen LogP contribution >= 0.6 is 0 Å². The lowest BCUT2D eigenvalue weighted by atomic mass is 10.1. The first-order valence-corrected chi connectivity index (χ1v) is 9.43. The van der Waals surface area contributed by atoms with Crippen molar-refractivity contribution >= 4 is 16.8 Å². The Bertz CT molecular complexity index is 1060. The Labute approximate surface area is 169 Å². The van der Waals surface area contributed by atoms with E-state index in [1.165, 1.54) is 24.4 Å². The van der Waals surface area contributed by atoms with Crippen LogP contribution in [0.3, 0.4) is 0 Å². The molecule has 3 aromatic rings. The summed E-state index contributed by atoms with van der Waals surface area (Å²) in [4.78, 5) is 19.6. The summed E-state index contributed by atoms with van der Waals surface area (Å²) in [7, 11) is 0. The summed E-state index contributed by atoms with van der Waals surface area (Å²) in [5.41, 5.74) is 2.39. The zero-order valence-electron chi connectivity index (χ0n) is 16.0. The van der Waals surface area contributed by atoms with Crippen molar-refractivity contribution in [3.05, 3.63) is 59.7 Å². The van der Waals surface area contributed by atoms with E-state index in [0.29, 0.717) is 12.0 Å². The first-order valence-electron chi connectivity index (χ1n) is 9.43. The number of amides is 1. The van der Waals surface area contributed by atoms with Gasteiger partial charge in [0.2, 0.25) is 11.8 Å². The molecule has 0 radical (unpaired) electrons. The van der Waals surface area contributed by atoms with E-state index in [0.717, 1.165) is 16.5 Å². The molecule has 0 saturated heterocycles. The molecule has 5 nitrogen and oxygen atoms in total. The molecule has 30 heavy (non-hydrogen) atoms. The van der Waals surface area contributed by atoms with Gasteiger partial charge in [-0.1, -0.05) is 6.07 Å². The van der Waals surface area contributed by atoms with Crippen molar-refractivity contribution in [2.75, 3.05) is 6.61 Å². The lowest BCUT2D eigenvalue weighted by Crippen LogP contribution is -2.28. The second-order valence-electron chi connectivity index (χ2n) is 7.45. The molecule has 1 saturated carbocycles. The van der Waals surface area contributed by atoms with Gasteiger partial charge in [-0.3, -0.25) is 4.79 Å². The first-order chi connectivity index (χ1) is 14.2. The number of nitrogens with zero attached hydrogens (tertiary/aromatic N) is 1. The van der Waals surface area contributed by atoms with Crippen LogP contribution in [0.15, 0.2) is 42.7 Å². The summed E-state index contributed by atoms with van der Waals surface area (Å²) in [6.45, 7) is 0.357. The van der Waals surface area contributed by atoms with Gasteiger partial charge in [-0.15, -0.1) is 0 Å². The Hall–Kier alpha value is -3.10. The molecule has 1 aromatic carbocycles. The Kier molecular flexibility index (Phi) is 5.13. The molecule has 2 aromatic heterocycles. The lowest BCUT2D eigenvalue weighted by Gasteiger charge is -2.15. The molecular formula is C21H19F4N3O2. The van der Waals surface area contributed by atoms with E-state index >= 15 is 0 Å². The van der Waals surface area contributed by atoms with Gasteiger partial charge in [0, 0.05) is 35.3 Å². The molecule has 1 fully saturated rings. The standard InChI is InChI=1S/C21H19F4N3O2/c1-11(12-2-5-19(27-8-12)30-10-21(23,24)25)28-20(29)16-7-14(16)17-9-26-18-4-3-13(22)6-15(17)18/h2-6,8-9,11,14,16,26H,7,10H2,1H3,(H,28,29)/t11-,14-,16-/m1/s1. The smallest absolute Gasteiger partial charge is 0.422 e. The van der Waals surface area contributed by atoms with Crippen LogP contribution in [-0.2, 0) is 4.79 Å². The second-order valence-corrected chi connectivity index (χ2v) is 7.45. The minimum Gasteiger partial charge on any atom is -0.468 e. The predicted octanol–water partition coefficient (Wildman–Crippen LogP) is 4.62. The first kappa shape index (κ1) is 20.2. The molecule has 0 spiro atoms. The van der Waals surface area contributed by atoms with Crippen molar-refractivity contribution in [1.29, 1.82) is 0 Å². The fraction of sp³-hybridized carbons (Fsp3) is 0.333. The molecule has 0 aliphatic heterocycles. The number of fused-ring (bicyclic) bond motifs is 1. The van der Waals surface area contributed by atoms with Crippen molar-refractivity contribution < 1.29 is 27.1 Å². The van der Waals surface area contributed by atoms with E-state index < -0.39 is 12.8 Å². The van der Waals surface area contributed by atoms with Crippen LogP contribution in [0, 0.1) is 11.7 Å². The van der Waals surface area contributed by atoms with E-state index in [1.54, 1.807) is 19.1 Å². The molecule has 2 N–H and O–H groups in total. The molecule has 3 atom stereocenters. The largest absolute Gasteiger partial charge is 0.468 e. The number of hydrogen-bond acceptors (Lipinski definition) is 3. The van der Waals surface area contributed by atoms with Gasteiger partial charge in [-0.25, -0.2) is 9.37 Å². The summed E-state index contributed by atoms with van der Waals surface area (Å²) < 4.78 is 54.7. The number of nitrogens with one attached hydrogen (secondary N) is 2. The van der Waals surface area contributed by atoms with Gasteiger partial charge in [-0.05, 0) is 48.6 Å². The maximum Gasteiger partial charge on any atom is 0.422 e. The number of alkyl halides is 3. The Morgan fingerprint density at radius 3 is 2.83 bits per heavy atom. The number of benzene rings is 1. The zero-order valence-corrected chi connectivity index (χ0v) is 16.0. The van der Waals surface area contributed by atoms with Crippen molar-refractivity contribution in [3.8, 4) is 5.88 Å². The number of aromatic amines is 1. The van der Waals surface area contributed by atoms with Gasteiger partial charge in [0.05, 0.1) is 6.04 Å². The van der Waals surface area contributed by atoms with Crippen molar-refractivity contribution in [2.24, 2.45) is 5.92 Å². The SMILES string of the molecule is C[C@@H](NC(=O)[C@@H]1C[C@H]1c1c[nH]c2ccc(F)cc12)c1ccc(OCC(F)(F)F)nc1. The van der Waals surface area contributed by atoms with Crippen molar-refractivity contribution in [3.63, 3.8) is 0 Å². The number of carbonyl (C=O) groups is 1. The number of halogens is 4. The van der Waals surface area contributed by atoms with E-state index in [2.05, 4.69) is 20.0 Å². The predicted molar refractivity (Wildman–Crippen MR) is 101 cm³/mol. The minimum atomic E-state index is -4.43. The summed E-state index contributed by atoms with van der Waals surface area (Å²) >= 11 is 0. The fourth-order valence-corrected chi connectivity index (χ4v) is 3.54. The van der Waals surface area contributed by atoms with Gasteiger partial charge in [0.1, 0.15) is 5.82 Å². The Morgan fingerprint density at radius 2 is 2.13 bits per heavy atom. The van der Waals surface area contributed by atoms with Gasteiger partial charge in [0.15, 0.2) is 6.61 Å². The third-order valence-electron chi connectivity index (χ3n) is 5.20. The van der Waals surface area contributed by atoms with Crippen LogP contribution in [0.1, 0.15) is 36.4 Å². The van der Waals surface area contributed by atoms with Crippen molar-refractivity contribution in [1.82, 2.24) is 15.3 Å². The van der Waals surface area contributed by atoms with Crippen LogP contribution in [0.4, 0.5) is 17.6 Å². The normalized spacial score (nSPS) is 19.5. The quantitative estimate of drug-likeness (QED) is 0.571. The number of H-pyrrole nitrogens is 1. The maximum absolute atomic E-state index is 13.6. The van der Waals surface area contributed by atoms with Crippen molar-refractivity contribution in [2.45, 2.75) is 31.5 Å². The third-order valence-corrected chi connectivity index (χ3v) is 5.20. The van der Waals surface area contributed by atoms with Crippen LogP contribution in [-0.4, -0.2) is 28.7 Å².